The van der Waals surface area contributed by atoms with Crippen molar-refractivity contribution in [2.75, 3.05) is 13.7 Å². The average molecular weight is 477 g/mol. The Bertz CT molecular complexity index is 1520. The molecule has 11 nitrogen and oxygen atoms in total. The van der Waals surface area contributed by atoms with Crippen LogP contribution < -0.4 is 15.6 Å². The first kappa shape index (κ1) is 21.5. The molecular formula is C22H20N8O3S. The highest BCUT2D eigenvalue weighted by atomic mass is 32.1. The molecule has 4 aromatic heterocycles. The lowest BCUT2D eigenvalue weighted by molar-refractivity contribution is 0.0955. The second-order valence-electron chi connectivity index (χ2n) is 7.37. The molecule has 1 N–H and O–H groups in total. The lowest BCUT2D eigenvalue weighted by Crippen LogP contribution is -2.32. The number of ether oxygens (including phenoxy) is 1. The van der Waals surface area contributed by atoms with Crippen molar-refractivity contribution in [1.29, 1.82) is 0 Å². The topological polar surface area (TPSA) is 121 Å². The third-order valence-electron chi connectivity index (χ3n) is 5.26. The van der Waals surface area contributed by atoms with Gasteiger partial charge in [-0.3, -0.25) is 14.0 Å². The minimum atomic E-state index is -0.269. The molecule has 34 heavy (non-hydrogen) atoms. The number of benzene rings is 1. The number of rotatable bonds is 7. The van der Waals surface area contributed by atoms with E-state index in [4.69, 9.17) is 4.74 Å². The Morgan fingerprint density at radius 1 is 1.18 bits per heavy atom. The van der Waals surface area contributed by atoms with E-state index in [0.29, 0.717) is 10.7 Å². The van der Waals surface area contributed by atoms with E-state index in [2.05, 4.69) is 25.5 Å². The van der Waals surface area contributed by atoms with Crippen LogP contribution in [-0.4, -0.2) is 53.5 Å². The molecular weight excluding hydrogens is 456 g/mol. The number of thiazole rings is 1. The fraction of sp³-hybridized carbons (Fsp3) is 0.182. The van der Waals surface area contributed by atoms with E-state index in [1.54, 1.807) is 13.2 Å². The second kappa shape index (κ2) is 8.90. The predicted octanol–water partition coefficient (Wildman–Crippen LogP) is 1.95. The number of imidazole rings is 1. The number of methoxy groups -OCH3 is 1. The SMILES string of the molecule is COc1ccc(-c2cn3c(C)c(C(=O)NCCn4nc(-n5cncn5)ccc4=O)sc3n2)cc1. The molecule has 0 saturated heterocycles. The van der Waals surface area contributed by atoms with Gasteiger partial charge in [0.1, 0.15) is 23.3 Å². The molecule has 0 aliphatic carbocycles. The van der Waals surface area contributed by atoms with Crippen LogP contribution in [0.25, 0.3) is 22.0 Å². The monoisotopic (exact) mass is 476 g/mol. The third-order valence-corrected chi connectivity index (χ3v) is 6.42. The first-order valence-corrected chi connectivity index (χ1v) is 11.2. The summed E-state index contributed by atoms with van der Waals surface area (Å²) in [6.45, 7) is 2.34. The van der Waals surface area contributed by atoms with E-state index in [1.165, 1.54) is 39.4 Å². The Morgan fingerprint density at radius 2 is 2.00 bits per heavy atom. The molecule has 0 saturated carbocycles. The van der Waals surface area contributed by atoms with Gasteiger partial charge in [-0.25, -0.2) is 19.3 Å². The molecule has 1 aromatic carbocycles. The fourth-order valence-electron chi connectivity index (χ4n) is 3.46. The molecule has 5 rings (SSSR count). The quantitative estimate of drug-likeness (QED) is 0.381. The normalized spacial score (nSPS) is 11.1. The van der Waals surface area contributed by atoms with Gasteiger partial charge < -0.3 is 10.1 Å². The molecule has 0 radical (unpaired) electrons. The Morgan fingerprint density at radius 3 is 2.71 bits per heavy atom. The van der Waals surface area contributed by atoms with Crippen molar-refractivity contribution >= 4 is 22.2 Å². The lowest BCUT2D eigenvalue weighted by atomic mass is 10.2. The zero-order chi connectivity index (χ0) is 23.7. The molecule has 12 heteroatoms. The van der Waals surface area contributed by atoms with Gasteiger partial charge in [0.2, 0.25) is 0 Å². The molecule has 1 amide bonds. The van der Waals surface area contributed by atoms with Crippen LogP contribution in [0.3, 0.4) is 0 Å². The number of aromatic nitrogens is 7. The van der Waals surface area contributed by atoms with E-state index in [9.17, 15) is 9.59 Å². The van der Waals surface area contributed by atoms with Crippen LogP contribution in [0.1, 0.15) is 15.4 Å². The van der Waals surface area contributed by atoms with Crippen molar-refractivity contribution < 1.29 is 9.53 Å². The van der Waals surface area contributed by atoms with Crippen LogP contribution >= 0.6 is 11.3 Å². The number of aryl methyl sites for hydroxylation is 1. The van der Waals surface area contributed by atoms with Crippen LogP contribution in [0.2, 0.25) is 0 Å². The summed E-state index contributed by atoms with van der Waals surface area (Å²) in [5, 5.41) is 11.1. The van der Waals surface area contributed by atoms with Gasteiger partial charge in [0.25, 0.3) is 11.5 Å². The number of hydrogen-bond acceptors (Lipinski definition) is 8. The molecule has 172 valence electrons. The maximum Gasteiger partial charge on any atom is 0.266 e. The molecule has 0 atom stereocenters. The molecule has 4 heterocycles. The van der Waals surface area contributed by atoms with Gasteiger partial charge in [-0.15, -0.1) is 5.10 Å². The van der Waals surface area contributed by atoms with Crippen molar-refractivity contribution in [1.82, 2.24) is 39.2 Å². The Labute approximate surface area is 197 Å². The number of carbonyl (C=O) groups is 1. The van der Waals surface area contributed by atoms with E-state index in [1.807, 2.05) is 41.8 Å². The van der Waals surface area contributed by atoms with Crippen molar-refractivity contribution in [2.45, 2.75) is 13.5 Å². The van der Waals surface area contributed by atoms with Crippen molar-refractivity contribution in [2.24, 2.45) is 0 Å². The smallest absolute Gasteiger partial charge is 0.266 e. The van der Waals surface area contributed by atoms with Gasteiger partial charge in [-0.1, -0.05) is 11.3 Å². The number of nitrogens with one attached hydrogen (secondary N) is 1. The maximum atomic E-state index is 12.8. The van der Waals surface area contributed by atoms with Gasteiger partial charge >= 0.3 is 0 Å². The summed E-state index contributed by atoms with van der Waals surface area (Å²) in [5.41, 5.74) is 2.32. The van der Waals surface area contributed by atoms with Gasteiger partial charge in [-0.05, 0) is 37.3 Å². The van der Waals surface area contributed by atoms with E-state index in [0.717, 1.165) is 27.7 Å². The number of amides is 1. The highest BCUT2D eigenvalue weighted by Gasteiger charge is 2.18. The number of hydrogen-bond donors (Lipinski definition) is 1. The maximum absolute atomic E-state index is 12.8. The molecule has 0 aliphatic heterocycles. The summed E-state index contributed by atoms with van der Waals surface area (Å²) < 4.78 is 9.85. The van der Waals surface area contributed by atoms with Crippen LogP contribution in [0.15, 0.2) is 60.0 Å². The third kappa shape index (κ3) is 4.06. The number of fused-ring (bicyclic) bond motifs is 1. The predicted molar refractivity (Wildman–Crippen MR) is 126 cm³/mol. The van der Waals surface area contributed by atoms with Gasteiger partial charge in [0.05, 0.1) is 19.3 Å². The van der Waals surface area contributed by atoms with Crippen molar-refractivity contribution in [3.05, 3.63) is 76.2 Å². The van der Waals surface area contributed by atoms with Gasteiger partial charge in [0.15, 0.2) is 10.8 Å². The van der Waals surface area contributed by atoms with E-state index in [-0.39, 0.29) is 24.6 Å². The fourth-order valence-corrected chi connectivity index (χ4v) is 4.49. The summed E-state index contributed by atoms with van der Waals surface area (Å²) >= 11 is 1.32. The zero-order valence-electron chi connectivity index (χ0n) is 18.4. The molecule has 0 bridgehead atoms. The molecule has 0 spiro atoms. The average Bonchev–Trinajstić information content (AvgIpc) is 3.59. The zero-order valence-corrected chi connectivity index (χ0v) is 19.2. The lowest BCUT2D eigenvalue weighted by Gasteiger charge is -2.08. The van der Waals surface area contributed by atoms with E-state index < -0.39 is 0 Å². The number of nitrogens with zero attached hydrogens (tertiary/aromatic N) is 7. The Balaban J connectivity index is 1.28. The largest absolute Gasteiger partial charge is 0.497 e. The Hall–Kier alpha value is -4.32. The molecule has 5 aromatic rings. The Kier molecular flexibility index (Phi) is 5.64. The molecule has 0 unspecified atom stereocenters. The second-order valence-corrected chi connectivity index (χ2v) is 8.35. The van der Waals surface area contributed by atoms with Gasteiger partial charge in [-0.2, -0.15) is 5.10 Å². The summed E-state index contributed by atoms with van der Waals surface area (Å²) in [5.74, 6) is 1.02. The van der Waals surface area contributed by atoms with Crippen molar-refractivity contribution in [3.63, 3.8) is 0 Å². The minimum absolute atomic E-state index is 0.219. The van der Waals surface area contributed by atoms with Crippen LogP contribution in [0.5, 0.6) is 5.75 Å². The first-order valence-electron chi connectivity index (χ1n) is 10.4. The summed E-state index contributed by atoms with van der Waals surface area (Å²) in [6.07, 6.45) is 4.80. The standard InChI is InChI=1S/C22H20N8O3S/c1-14-20(34-22-26-17(11-28(14)22)15-3-5-16(33-2)6-4-15)21(32)24-9-10-29-19(31)8-7-18(27-29)30-13-23-12-25-30/h3-8,11-13H,9-10H2,1-2H3,(H,24,32). The summed E-state index contributed by atoms with van der Waals surface area (Å²) in [7, 11) is 1.63. The van der Waals surface area contributed by atoms with Crippen molar-refractivity contribution in [3.8, 4) is 22.8 Å². The number of carbonyl (C=O) groups excluding carboxylic acids is 1. The van der Waals surface area contributed by atoms with Crippen LogP contribution in [0, 0.1) is 6.92 Å². The summed E-state index contributed by atoms with van der Waals surface area (Å²) in [4.78, 5) is 34.8. The van der Waals surface area contributed by atoms with E-state index >= 15 is 0 Å². The van der Waals surface area contributed by atoms with Crippen LogP contribution in [0.4, 0.5) is 0 Å². The summed E-state index contributed by atoms with van der Waals surface area (Å²) in [6, 6.07) is 10.6. The highest BCUT2D eigenvalue weighted by molar-refractivity contribution is 7.19. The molecule has 0 aliphatic rings. The van der Waals surface area contributed by atoms with Gasteiger partial charge in [0, 0.05) is 30.1 Å². The highest BCUT2D eigenvalue weighted by Crippen LogP contribution is 2.28. The van der Waals surface area contributed by atoms with Crippen LogP contribution in [-0.2, 0) is 6.54 Å². The minimum Gasteiger partial charge on any atom is -0.497 e. The molecule has 0 fully saturated rings. The first-order chi connectivity index (χ1) is 16.5.